The maximum absolute atomic E-state index is 14.7. The number of hydrogen-bond acceptors (Lipinski definition) is 4. The molecule has 0 aromatic heterocycles. The van der Waals surface area contributed by atoms with Crippen LogP contribution < -0.4 is 14.2 Å². The van der Waals surface area contributed by atoms with E-state index in [1.807, 2.05) is 0 Å². The second-order valence-corrected chi connectivity index (χ2v) is 12.3. The quantitative estimate of drug-likeness (QED) is 0.0609. The minimum atomic E-state index is -1.27. The molecule has 0 saturated heterocycles. The van der Waals surface area contributed by atoms with Gasteiger partial charge in [-0.25, -0.2) is 9.18 Å². The lowest BCUT2D eigenvalue weighted by atomic mass is 9.79. The fourth-order valence-electron chi connectivity index (χ4n) is 5.91. The highest BCUT2D eigenvalue weighted by Gasteiger charge is 2.21. The summed E-state index contributed by atoms with van der Waals surface area (Å²) in [6.45, 7) is 5.24. The van der Waals surface area contributed by atoms with Crippen LogP contribution in [0.25, 0.3) is 0 Å². The van der Waals surface area contributed by atoms with E-state index >= 15 is 0 Å². The average Bonchev–Trinajstić information content (AvgIpc) is 3.03. The highest BCUT2D eigenvalue weighted by atomic mass is 19.2. The minimum Gasteiger partial charge on any atom is -0.490 e. The lowest BCUT2D eigenvalue weighted by Gasteiger charge is -2.26. The predicted molar refractivity (Wildman–Crippen MR) is 175 cm³/mol. The summed E-state index contributed by atoms with van der Waals surface area (Å²) in [5, 5.41) is 0. The molecule has 2 aromatic carbocycles. The molecule has 0 aliphatic heterocycles. The number of esters is 1. The monoisotopic (exact) mass is 612 g/mol. The maximum Gasteiger partial charge on any atom is 0.346 e. The SMILES string of the molecule is CCCCCCCCCCCOc1ccc(C(=O)Oc2ccc(OCC=C[C@H]3CC[C@H](CCCCC)CC3)cc2)c(F)c1F. The number of ether oxygens (including phenoxy) is 3. The number of carbonyl (C=O) groups is 1. The molecule has 0 radical (unpaired) electrons. The number of halogens is 2. The molecule has 4 nitrogen and oxygen atoms in total. The van der Waals surface area contributed by atoms with Crippen LogP contribution in [0.2, 0.25) is 0 Å². The van der Waals surface area contributed by atoms with E-state index in [4.69, 9.17) is 14.2 Å². The van der Waals surface area contributed by atoms with Crippen molar-refractivity contribution in [1.82, 2.24) is 0 Å². The van der Waals surface area contributed by atoms with Crippen LogP contribution in [0.15, 0.2) is 48.6 Å². The van der Waals surface area contributed by atoms with Gasteiger partial charge in [0, 0.05) is 0 Å². The first-order valence-electron chi connectivity index (χ1n) is 17.2. The molecule has 0 spiro atoms. The third-order valence-electron chi connectivity index (χ3n) is 8.67. The lowest BCUT2D eigenvalue weighted by molar-refractivity contribution is 0.0728. The van der Waals surface area contributed by atoms with Crippen molar-refractivity contribution in [1.29, 1.82) is 0 Å². The molecule has 0 heterocycles. The predicted octanol–water partition coefficient (Wildman–Crippen LogP) is 11.4. The van der Waals surface area contributed by atoms with Gasteiger partial charge in [0.15, 0.2) is 11.6 Å². The molecule has 0 N–H and O–H groups in total. The van der Waals surface area contributed by atoms with Gasteiger partial charge in [0.25, 0.3) is 0 Å². The van der Waals surface area contributed by atoms with E-state index in [-0.39, 0.29) is 11.5 Å². The Labute approximate surface area is 264 Å². The highest BCUT2D eigenvalue weighted by Crippen LogP contribution is 2.33. The minimum absolute atomic E-state index is 0.191. The Kier molecular flexibility index (Phi) is 16.9. The van der Waals surface area contributed by atoms with Crippen molar-refractivity contribution in [2.24, 2.45) is 11.8 Å². The van der Waals surface area contributed by atoms with Gasteiger partial charge in [0.2, 0.25) is 5.82 Å². The molecule has 0 bridgehead atoms. The van der Waals surface area contributed by atoms with E-state index < -0.39 is 23.2 Å². The van der Waals surface area contributed by atoms with Gasteiger partial charge in [-0.15, -0.1) is 0 Å². The van der Waals surface area contributed by atoms with Crippen molar-refractivity contribution in [3.05, 3.63) is 65.7 Å². The summed E-state index contributed by atoms with van der Waals surface area (Å²) >= 11 is 0. The summed E-state index contributed by atoms with van der Waals surface area (Å²) in [6, 6.07) is 9.03. The van der Waals surface area contributed by atoms with Gasteiger partial charge in [-0.05, 0) is 80.3 Å². The first kappa shape index (κ1) is 35.6. The van der Waals surface area contributed by atoms with Crippen molar-refractivity contribution in [2.45, 2.75) is 123 Å². The number of allylic oxidation sites excluding steroid dienone is 1. The number of benzene rings is 2. The number of hydrogen-bond donors (Lipinski definition) is 0. The topological polar surface area (TPSA) is 44.8 Å². The van der Waals surface area contributed by atoms with Crippen LogP contribution >= 0.6 is 0 Å². The zero-order valence-electron chi connectivity index (χ0n) is 27.1. The Bertz CT molecular complexity index is 1110. The van der Waals surface area contributed by atoms with Crippen molar-refractivity contribution < 1.29 is 27.8 Å². The zero-order chi connectivity index (χ0) is 31.4. The molecule has 1 saturated carbocycles. The maximum atomic E-state index is 14.7. The third-order valence-corrected chi connectivity index (χ3v) is 8.67. The second kappa shape index (κ2) is 21.0. The molecule has 1 fully saturated rings. The first-order valence-corrected chi connectivity index (χ1v) is 17.2. The molecule has 1 aliphatic carbocycles. The fraction of sp³-hybridized carbons (Fsp3) is 0.605. The normalized spacial score (nSPS) is 16.7. The summed E-state index contributed by atoms with van der Waals surface area (Å²) in [7, 11) is 0. The number of unbranched alkanes of at least 4 members (excludes halogenated alkanes) is 10. The molecule has 0 unspecified atom stereocenters. The van der Waals surface area contributed by atoms with Gasteiger partial charge in [0.05, 0.1) is 12.2 Å². The summed E-state index contributed by atoms with van der Waals surface area (Å²) in [5.74, 6) is -1.21. The van der Waals surface area contributed by atoms with Crippen molar-refractivity contribution in [3.63, 3.8) is 0 Å². The molecule has 6 heteroatoms. The molecular weight excluding hydrogens is 558 g/mol. The average molecular weight is 613 g/mol. The van der Waals surface area contributed by atoms with Crippen LogP contribution in [0, 0.1) is 23.5 Å². The van der Waals surface area contributed by atoms with E-state index in [2.05, 4.69) is 26.0 Å². The van der Waals surface area contributed by atoms with Crippen LogP contribution in [0.4, 0.5) is 8.78 Å². The van der Waals surface area contributed by atoms with Gasteiger partial charge >= 0.3 is 5.97 Å². The van der Waals surface area contributed by atoms with Gasteiger partial charge in [0.1, 0.15) is 18.1 Å². The van der Waals surface area contributed by atoms with E-state index in [1.54, 1.807) is 24.3 Å². The molecule has 0 atom stereocenters. The van der Waals surface area contributed by atoms with Crippen molar-refractivity contribution in [3.8, 4) is 17.2 Å². The number of rotatable bonds is 21. The Morgan fingerprint density at radius 1 is 0.727 bits per heavy atom. The van der Waals surface area contributed by atoms with Crippen LogP contribution in [-0.4, -0.2) is 19.2 Å². The molecule has 244 valence electrons. The summed E-state index contributed by atoms with van der Waals surface area (Å²) in [5.41, 5.74) is -0.474. The van der Waals surface area contributed by atoms with Crippen LogP contribution in [0.1, 0.15) is 133 Å². The Hall–Kier alpha value is -2.89. The van der Waals surface area contributed by atoms with Crippen LogP contribution in [-0.2, 0) is 0 Å². The lowest BCUT2D eigenvalue weighted by Crippen LogP contribution is -2.13. The van der Waals surface area contributed by atoms with Gasteiger partial charge in [-0.3, -0.25) is 0 Å². The zero-order valence-corrected chi connectivity index (χ0v) is 27.1. The Morgan fingerprint density at radius 3 is 2.02 bits per heavy atom. The van der Waals surface area contributed by atoms with Crippen molar-refractivity contribution in [2.75, 3.05) is 13.2 Å². The van der Waals surface area contributed by atoms with Gasteiger partial charge < -0.3 is 14.2 Å². The molecule has 1 aliphatic rings. The summed E-state index contributed by atoms with van der Waals surface area (Å²) < 4.78 is 45.8. The first-order chi connectivity index (χ1) is 21.5. The fourth-order valence-corrected chi connectivity index (χ4v) is 5.91. The van der Waals surface area contributed by atoms with E-state index in [0.717, 1.165) is 25.2 Å². The van der Waals surface area contributed by atoms with E-state index in [9.17, 15) is 13.6 Å². The van der Waals surface area contributed by atoms with Gasteiger partial charge in [-0.2, -0.15) is 4.39 Å². The van der Waals surface area contributed by atoms with Crippen LogP contribution in [0.3, 0.4) is 0 Å². The largest absolute Gasteiger partial charge is 0.490 e. The third kappa shape index (κ3) is 13.0. The molecular formula is C38H54F2O4. The molecule has 2 aromatic rings. The Morgan fingerprint density at radius 2 is 1.34 bits per heavy atom. The van der Waals surface area contributed by atoms with Gasteiger partial charge in [-0.1, -0.05) is 103 Å². The summed E-state index contributed by atoms with van der Waals surface area (Å²) in [6.07, 6.45) is 25.3. The molecule has 44 heavy (non-hydrogen) atoms. The second-order valence-electron chi connectivity index (χ2n) is 12.3. The molecule has 0 amide bonds. The highest BCUT2D eigenvalue weighted by molar-refractivity contribution is 5.91. The van der Waals surface area contributed by atoms with E-state index in [1.165, 1.54) is 102 Å². The Balaban J connectivity index is 1.34. The van der Waals surface area contributed by atoms with E-state index in [0.29, 0.717) is 24.9 Å². The smallest absolute Gasteiger partial charge is 0.346 e. The molecule has 3 rings (SSSR count). The standard InChI is InChI=1S/C38H54F2O4/c1-3-5-7-8-9-10-11-12-14-28-43-35-27-26-34(36(39)37(35)40)38(41)44-33-24-22-32(23-25-33)42-29-15-17-31-20-18-30(19-21-31)16-13-6-4-2/h15,17,22-27,30-31H,3-14,16,18-21,28-29H2,1-2H3/t30-,31-. The van der Waals surface area contributed by atoms with Crippen LogP contribution in [0.5, 0.6) is 17.2 Å². The summed E-state index contributed by atoms with van der Waals surface area (Å²) in [4.78, 5) is 12.6. The van der Waals surface area contributed by atoms with Crippen molar-refractivity contribution >= 4 is 5.97 Å². The number of carbonyl (C=O) groups excluding carboxylic acids is 1.